The fourth-order valence-electron chi connectivity index (χ4n) is 3.26. The van der Waals surface area contributed by atoms with Crippen LogP contribution in [0.4, 0.5) is 0 Å². The molecule has 1 aromatic heterocycles. The lowest BCUT2D eigenvalue weighted by Gasteiger charge is -2.31. The Morgan fingerprint density at radius 3 is 3.06 bits per heavy atom. The van der Waals surface area contributed by atoms with Gasteiger partial charge in [-0.05, 0) is 31.7 Å². The van der Waals surface area contributed by atoms with E-state index in [9.17, 15) is 0 Å². The van der Waals surface area contributed by atoms with Crippen molar-refractivity contribution >= 4 is 22.9 Å². The summed E-state index contributed by atoms with van der Waals surface area (Å²) in [6.45, 7) is 2.33. The van der Waals surface area contributed by atoms with Crippen LogP contribution in [0.1, 0.15) is 37.0 Å². The zero-order valence-electron chi connectivity index (χ0n) is 9.36. The van der Waals surface area contributed by atoms with Gasteiger partial charge in [-0.25, -0.2) is 4.98 Å². The van der Waals surface area contributed by atoms with Gasteiger partial charge in [0.05, 0.1) is 0 Å². The monoisotopic (exact) mass is 256 g/mol. The Labute approximate surface area is 106 Å². The minimum Gasteiger partial charge on any atom is -0.295 e. The van der Waals surface area contributed by atoms with Gasteiger partial charge >= 0.3 is 0 Å². The highest BCUT2D eigenvalue weighted by atomic mass is 35.5. The van der Waals surface area contributed by atoms with E-state index in [1.165, 1.54) is 43.5 Å². The van der Waals surface area contributed by atoms with Gasteiger partial charge in [0, 0.05) is 23.7 Å². The van der Waals surface area contributed by atoms with Crippen LogP contribution in [0, 0.1) is 5.92 Å². The molecular weight excluding hydrogens is 240 g/mol. The molecule has 0 bridgehead atoms. The van der Waals surface area contributed by atoms with E-state index in [0.717, 1.165) is 18.5 Å². The third-order valence-electron chi connectivity index (χ3n) is 4.01. The lowest BCUT2D eigenvalue weighted by molar-refractivity contribution is 0.177. The Bertz CT molecular complexity index is 366. The molecule has 1 saturated carbocycles. The van der Waals surface area contributed by atoms with E-state index in [1.54, 1.807) is 11.3 Å². The quantitative estimate of drug-likeness (QED) is 0.804. The van der Waals surface area contributed by atoms with Gasteiger partial charge in [0.1, 0.15) is 0 Å². The molecule has 0 N–H and O–H groups in total. The Kier molecular flexibility index (Phi) is 3.18. The van der Waals surface area contributed by atoms with Crippen molar-refractivity contribution in [1.29, 1.82) is 0 Å². The smallest absolute Gasteiger partial charge is 0.183 e. The predicted molar refractivity (Wildman–Crippen MR) is 67.9 cm³/mol. The second-order valence-electron chi connectivity index (χ2n) is 4.95. The zero-order chi connectivity index (χ0) is 11.0. The molecule has 2 unspecified atom stereocenters. The zero-order valence-corrected chi connectivity index (χ0v) is 10.9. The summed E-state index contributed by atoms with van der Waals surface area (Å²) in [5.41, 5.74) is 0. The number of thiazole rings is 1. The van der Waals surface area contributed by atoms with Gasteiger partial charge in [0.2, 0.25) is 0 Å². The molecule has 0 aromatic carbocycles. The molecule has 16 heavy (non-hydrogen) atoms. The standard InChI is InChI=1S/C12H17ClN2S/c13-12-14-7-10(16-12)8-15-6-5-9-3-1-2-4-11(9)15/h7,9,11H,1-6,8H2. The molecule has 2 heterocycles. The SMILES string of the molecule is Clc1ncc(CN2CCC3CCCCC32)s1. The fraction of sp³-hybridized carbons (Fsp3) is 0.750. The summed E-state index contributed by atoms with van der Waals surface area (Å²) < 4.78 is 0.675. The number of aromatic nitrogens is 1. The van der Waals surface area contributed by atoms with E-state index in [0.29, 0.717) is 4.47 Å². The van der Waals surface area contributed by atoms with Gasteiger partial charge in [-0.15, -0.1) is 11.3 Å². The van der Waals surface area contributed by atoms with Crippen molar-refractivity contribution in [3.8, 4) is 0 Å². The first-order valence-corrected chi connectivity index (χ1v) is 7.36. The van der Waals surface area contributed by atoms with E-state index in [-0.39, 0.29) is 0 Å². The molecular formula is C12H17ClN2S. The fourth-order valence-corrected chi connectivity index (χ4v) is 4.26. The molecule has 2 nitrogen and oxygen atoms in total. The Morgan fingerprint density at radius 1 is 1.38 bits per heavy atom. The van der Waals surface area contributed by atoms with Crippen molar-refractivity contribution in [2.75, 3.05) is 6.54 Å². The maximum absolute atomic E-state index is 5.87. The third-order valence-corrected chi connectivity index (χ3v) is 5.11. The minimum absolute atomic E-state index is 0.675. The molecule has 4 heteroatoms. The van der Waals surface area contributed by atoms with E-state index in [4.69, 9.17) is 11.6 Å². The van der Waals surface area contributed by atoms with Crippen LogP contribution in [-0.4, -0.2) is 22.5 Å². The molecule has 2 atom stereocenters. The normalized spacial score (nSPS) is 30.6. The number of hydrogen-bond acceptors (Lipinski definition) is 3. The van der Waals surface area contributed by atoms with E-state index < -0.39 is 0 Å². The van der Waals surface area contributed by atoms with Crippen molar-refractivity contribution in [3.63, 3.8) is 0 Å². The second kappa shape index (κ2) is 4.63. The molecule has 2 fully saturated rings. The van der Waals surface area contributed by atoms with Crippen molar-refractivity contribution < 1.29 is 0 Å². The summed E-state index contributed by atoms with van der Waals surface area (Å²) in [6, 6.07) is 0.842. The highest BCUT2D eigenvalue weighted by molar-refractivity contribution is 7.15. The first-order chi connectivity index (χ1) is 7.83. The molecule has 1 aliphatic carbocycles. The maximum Gasteiger partial charge on any atom is 0.183 e. The van der Waals surface area contributed by atoms with Gasteiger partial charge in [0.15, 0.2) is 4.47 Å². The van der Waals surface area contributed by atoms with Crippen molar-refractivity contribution in [2.24, 2.45) is 5.92 Å². The van der Waals surface area contributed by atoms with Crippen LogP contribution in [0.15, 0.2) is 6.20 Å². The van der Waals surface area contributed by atoms with Crippen LogP contribution in [0.5, 0.6) is 0 Å². The van der Waals surface area contributed by atoms with Crippen LogP contribution in [0.25, 0.3) is 0 Å². The average molecular weight is 257 g/mol. The molecule has 2 aliphatic rings. The number of hydrogen-bond donors (Lipinski definition) is 0. The Balaban J connectivity index is 1.67. The lowest BCUT2D eigenvalue weighted by atomic mass is 9.85. The summed E-state index contributed by atoms with van der Waals surface area (Å²) in [5.74, 6) is 0.970. The van der Waals surface area contributed by atoms with Crippen molar-refractivity contribution in [2.45, 2.75) is 44.7 Å². The minimum atomic E-state index is 0.675. The maximum atomic E-state index is 5.87. The first-order valence-electron chi connectivity index (χ1n) is 6.17. The van der Waals surface area contributed by atoms with Crippen LogP contribution in [0.3, 0.4) is 0 Å². The third kappa shape index (κ3) is 2.13. The topological polar surface area (TPSA) is 16.1 Å². The van der Waals surface area contributed by atoms with Crippen LogP contribution >= 0.6 is 22.9 Å². The lowest BCUT2D eigenvalue weighted by Crippen LogP contribution is -2.33. The first kappa shape index (κ1) is 11.0. The van der Waals surface area contributed by atoms with Gasteiger partial charge in [-0.1, -0.05) is 24.4 Å². The molecule has 3 rings (SSSR count). The number of likely N-dealkylation sites (tertiary alicyclic amines) is 1. The van der Waals surface area contributed by atoms with Gasteiger partial charge < -0.3 is 0 Å². The summed E-state index contributed by atoms with van der Waals surface area (Å²) in [4.78, 5) is 8.08. The van der Waals surface area contributed by atoms with Crippen LogP contribution in [-0.2, 0) is 6.54 Å². The van der Waals surface area contributed by atoms with E-state index in [2.05, 4.69) is 9.88 Å². The van der Waals surface area contributed by atoms with E-state index >= 15 is 0 Å². The van der Waals surface area contributed by atoms with Crippen LogP contribution in [0.2, 0.25) is 4.47 Å². The molecule has 1 aromatic rings. The molecule has 1 saturated heterocycles. The largest absolute Gasteiger partial charge is 0.295 e. The molecule has 0 radical (unpaired) electrons. The molecule has 1 aliphatic heterocycles. The van der Waals surface area contributed by atoms with Crippen LogP contribution < -0.4 is 0 Å². The number of halogens is 1. The molecule has 88 valence electrons. The van der Waals surface area contributed by atoms with Crippen molar-refractivity contribution in [3.05, 3.63) is 15.5 Å². The van der Waals surface area contributed by atoms with E-state index in [1.807, 2.05) is 6.20 Å². The highest BCUT2D eigenvalue weighted by Gasteiger charge is 2.35. The summed E-state index contributed by atoms with van der Waals surface area (Å²) in [6.07, 6.45) is 9.05. The number of rotatable bonds is 2. The molecule has 0 amide bonds. The Morgan fingerprint density at radius 2 is 2.25 bits per heavy atom. The summed E-state index contributed by atoms with van der Waals surface area (Å²) >= 11 is 7.50. The van der Waals surface area contributed by atoms with Gasteiger partial charge in [-0.3, -0.25) is 4.90 Å². The second-order valence-corrected chi connectivity index (χ2v) is 6.65. The van der Waals surface area contributed by atoms with Gasteiger partial charge in [0.25, 0.3) is 0 Å². The number of nitrogens with zero attached hydrogens (tertiary/aromatic N) is 2. The average Bonchev–Trinajstić information content (AvgIpc) is 2.87. The highest BCUT2D eigenvalue weighted by Crippen LogP contribution is 2.37. The number of fused-ring (bicyclic) bond motifs is 1. The van der Waals surface area contributed by atoms with Gasteiger partial charge in [-0.2, -0.15) is 0 Å². The predicted octanol–water partition coefficient (Wildman–Crippen LogP) is 3.56. The van der Waals surface area contributed by atoms with Crippen molar-refractivity contribution in [1.82, 2.24) is 9.88 Å². The summed E-state index contributed by atoms with van der Waals surface area (Å²) in [7, 11) is 0. The summed E-state index contributed by atoms with van der Waals surface area (Å²) in [5, 5.41) is 0. The molecule has 0 spiro atoms. The Hall–Kier alpha value is -0.120.